The van der Waals surface area contributed by atoms with Crippen molar-refractivity contribution in [2.75, 3.05) is 4.90 Å². The van der Waals surface area contributed by atoms with Gasteiger partial charge < -0.3 is 9.32 Å². The fourth-order valence-electron chi connectivity index (χ4n) is 7.31. The molecule has 2 nitrogen and oxygen atoms in total. The van der Waals surface area contributed by atoms with Crippen LogP contribution in [0, 0.1) is 0 Å². The van der Waals surface area contributed by atoms with Crippen LogP contribution in [0.2, 0.25) is 0 Å². The van der Waals surface area contributed by atoms with Crippen molar-refractivity contribution in [1.29, 1.82) is 0 Å². The highest BCUT2D eigenvalue weighted by Crippen LogP contribution is 2.45. The van der Waals surface area contributed by atoms with Crippen molar-refractivity contribution in [3.05, 3.63) is 164 Å². The topological polar surface area (TPSA) is 16.4 Å². The minimum Gasteiger partial charge on any atom is -0.456 e. The van der Waals surface area contributed by atoms with Gasteiger partial charge in [0.05, 0.1) is 11.1 Å². The number of fused-ring (bicyclic) bond motifs is 9. The van der Waals surface area contributed by atoms with Crippen molar-refractivity contribution in [3.63, 3.8) is 0 Å². The Morgan fingerprint density at radius 3 is 1.96 bits per heavy atom. The van der Waals surface area contributed by atoms with Crippen LogP contribution in [0.5, 0.6) is 0 Å². The Kier molecular flexibility index (Phi) is 5.78. The average Bonchev–Trinajstić information content (AvgIpc) is 3.70. The second-order valence-corrected chi connectivity index (χ2v) is 13.2. The zero-order valence-corrected chi connectivity index (χ0v) is 26.2. The number of hydrogen-bond acceptors (Lipinski definition) is 3. The maximum absolute atomic E-state index is 6.36. The van der Waals surface area contributed by atoms with E-state index in [4.69, 9.17) is 4.42 Å². The van der Waals surface area contributed by atoms with Crippen LogP contribution in [0.25, 0.3) is 74.8 Å². The van der Waals surface area contributed by atoms with E-state index in [1.165, 1.54) is 52.8 Å². The molecule has 0 amide bonds. The molecule has 0 aliphatic heterocycles. The lowest BCUT2D eigenvalue weighted by molar-refractivity contribution is 0.669. The van der Waals surface area contributed by atoms with Crippen LogP contribution in [0.1, 0.15) is 0 Å². The number of anilines is 3. The quantitative estimate of drug-likeness (QED) is 0.183. The molecule has 8 aromatic carbocycles. The van der Waals surface area contributed by atoms with Gasteiger partial charge in [0.2, 0.25) is 0 Å². The number of thiophene rings is 1. The molecule has 0 aliphatic rings. The first kappa shape index (κ1) is 26.3. The molecule has 10 rings (SSSR count). The number of para-hydroxylation sites is 1. The Hall–Kier alpha value is -5.90. The first-order chi connectivity index (χ1) is 23.3. The summed E-state index contributed by atoms with van der Waals surface area (Å²) >= 11 is 1.85. The van der Waals surface area contributed by atoms with Gasteiger partial charge >= 0.3 is 0 Å². The number of hydrogen-bond donors (Lipinski definition) is 0. The number of nitrogens with zero attached hydrogens (tertiary/aromatic N) is 1. The van der Waals surface area contributed by atoms with Gasteiger partial charge in [0.15, 0.2) is 0 Å². The molecule has 0 unspecified atom stereocenters. The molecule has 0 bridgehead atoms. The molecule has 0 aliphatic carbocycles. The van der Waals surface area contributed by atoms with Crippen molar-refractivity contribution in [2.45, 2.75) is 0 Å². The van der Waals surface area contributed by atoms with Crippen molar-refractivity contribution >= 4 is 92.1 Å². The van der Waals surface area contributed by atoms with Crippen LogP contribution in [-0.2, 0) is 0 Å². The van der Waals surface area contributed by atoms with Gasteiger partial charge in [0.1, 0.15) is 11.2 Å². The summed E-state index contributed by atoms with van der Waals surface area (Å²) in [5.41, 5.74) is 7.52. The molecule has 3 heteroatoms. The molecule has 2 aromatic heterocycles. The lowest BCUT2D eigenvalue weighted by Crippen LogP contribution is -2.10. The zero-order chi connectivity index (χ0) is 30.9. The zero-order valence-electron chi connectivity index (χ0n) is 25.4. The smallest absolute Gasteiger partial charge is 0.137 e. The second kappa shape index (κ2) is 10.3. The molecule has 0 N–H and O–H groups in total. The Balaban J connectivity index is 1.20. The van der Waals surface area contributed by atoms with E-state index >= 15 is 0 Å². The molecule has 0 saturated carbocycles. The molecule has 0 fully saturated rings. The number of rotatable bonds is 4. The first-order valence-corrected chi connectivity index (χ1v) is 16.7. The summed E-state index contributed by atoms with van der Waals surface area (Å²) in [6.45, 7) is 0. The van der Waals surface area contributed by atoms with Crippen LogP contribution in [-0.4, -0.2) is 0 Å². The Bertz CT molecular complexity index is 2810. The molecular formula is C44H27NOS. The highest BCUT2D eigenvalue weighted by atomic mass is 32.1. The van der Waals surface area contributed by atoms with E-state index in [0.717, 1.165) is 39.0 Å². The van der Waals surface area contributed by atoms with Gasteiger partial charge in [-0.2, -0.15) is 0 Å². The Morgan fingerprint density at radius 1 is 0.426 bits per heavy atom. The predicted octanol–water partition coefficient (Wildman–Crippen LogP) is 13.4. The van der Waals surface area contributed by atoms with Gasteiger partial charge in [-0.3, -0.25) is 0 Å². The summed E-state index contributed by atoms with van der Waals surface area (Å²) in [6.07, 6.45) is 0. The van der Waals surface area contributed by atoms with Crippen LogP contribution in [0.15, 0.2) is 168 Å². The van der Waals surface area contributed by atoms with E-state index in [9.17, 15) is 0 Å². The lowest BCUT2D eigenvalue weighted by Gasteiger charge is -2.26. The Labute approximate surface area is 275 Å². The third-order valence-corrected chi connectivity index (χ3v) is 10.6. The molecule has 47 heavy (non-hydrogen) atoms. The summed E-state index contributed by atoms with van der Waals surface area (Å²) in [7, 11) is 0. The largest absolute Gasteiger partial charge is 0.456 e. The maximum Gasteiger partial charge on any atom is 0.137 e. The third-order valence-electron chi connectivity index (χ3n) is 9.44. The molecule has 0 saturated heterocycles. The standard InChI is InChI=1S/C44H27NOS/c1-2-11-32-29(10-1)26-37(34-13-4-3-12-33(32)34)28-20-22-30(23-21-28)45(31-24-25-43-38(27-31)35-14-6-8-19-42(35)47-43)39-16-9-18-41-44(39)36-15-5-7-17-40(36)46-41/h1-27H. The fourth-order valence-corrected chi connectivity index (χ4v) is 8.39. The predicted molar refractivity (Wildman–Crippen MR) is 202 cm³/mol. The minimum atomic E-state index is 0.884. The molecule has 220 valence electrons. The normalized spacial score (nSPS) is 11.8. The van der Waals surface area contributed by atoms with E-state index in [2.05, 4.69) is 163 Å². The summed E-state index contributed by atoms with van der Waals surface area (Å²) in [6, 6.07) is 59.1. The van der Waals surface area contributed by atoms with Gasteiger partial charge in [0.25, 0.3) is 0 Å². The van der Waals surface area contributed by atoms with E-state index in [1.54, 1.807) is 0 Å². The average molecular weight is 618 g/mol. The van der Waals surface area contributed by atoms with E-state index in [-0.39, 0.29) is 0 Å². The highest BCUT2D eigenvalue weighted by molar-refractivity contribution is 7.25. The van der Waals surface area contributed by atoms with Crippen molar-refractivity contribution in [2.24, 2.45) is 0 Å². The molecule has 2 heterocycles. The summed E-state index contributed by atoms with van der Waals surface area (Å²) in [4.78, 5) is 2.39. The van der Waals surface area contributed by atoms with Gasteiger partial charge in [-0.25, -0.2) is 0 Å². The SMILES string of the molecule is c1ccc2c(c1)cc(-c1ccc(N(c3ccc4sc5ccccc5c4c3)c3cccc4oc5ccccc5c34)cc1)c1ccccc12. The number of benzene rings is 8. The maximum atomic E-state index is 6.36. The minimum absolute atomic E-state index is 0.884. The highest BCUT2D eigenvalue weighted by Gasteiger charge is 2.20. The van der Waals surface area contributed by atoms with Crippen molar-refractivity contribution in [3.8, 4) is 11.1 Å². The summed E-state index contributed by atoms with van der Waals surface area (Å²) in [5, 5.41) is 9.87. The second-order valence-electron chi connectivity index (χ2n) is 12.1. The number of furan rings is 1. The van der Waals surface area contributed by atoms with Crippen LogP contribution >= 0.6 is 11.3 Å². The monoisotopic (exact) mass is 617 g/mol. The third kappa shape index (κ3) is 4.10. The van der Waals surface area contributed by atoms with Crippen LogP contribution in [0.3, 0.4) is 0 Å². The van der Waals surface area contributed by atoms with Crippen LogP contribution < -0.4 is 4.90 Å². The fraction of sp³-hybridized carbons (Fsp3) is 0. The van der Waals surface area contributed by atoms with Crippen LogP contribution in [0.4, 0.5) is 17.1 Å². The van der Waals surface area contributed by atoms with Gasteiger partial charge in [-0.1, -0.05) is 103 Å². The Morgan fingerprint density at radius 2 is 1.09 bits per heavy atom. The molecule has 10 aromatic rings. The molecule has 0 radical (unpaired) electrons. The van der Waals surface area contributed by atoms with Gasteiger partial charge in [-0.15, -0.1) is 11.3 Å². The lowest BCUT2D eigenvalue weighted by atomic mass is 9.93. The molecular weight excluding hydrogens is 591 g/mol. The van der Waals surface area contributed by atoms with Gasteiger partial charge in [0, 0.05) is 36.9 Å². The first-order valence-electron chi connectivity index (χ1n) is 15.9. The molecule has 0 spiro atoms. The van der Waals surface area contributed by atoms with E-state index in [0.29, 0.717) is 0 Å². The van der Waals surface area contributed by atoms with Gasteiger partial charge in [-0.05, 0) is 93.3 Å². The van der Waals surface area contributed by atoms with Crippen molar-refractivity contribution in [1.82, 2.24) is 0 Å². The van der Waals surface area contributed by atoms with E-state index in [1.807, 2.05) is 17.4 Å². The van der Waals surface area contributed by atoms with E-state index < -0.39 is 0 Å². The molecule has 0 atom stereocenters. The summed E-state index contributed by atoms with van der Waals surface area (Å²) < 4.78 is 8.96. The summed E-state index contributed by atoms with van der Waals surface area (Å²) in [5.74, 6) is 0. The van der Waals surface area contributed by atoms with Crippen molar-refractivity contribution < 1.29 is 4.42 Å².